The SMILES string of the molecule is CCCCC/C=C\C/C=C\CCCCCCCCCC(=O)OC(COC(=O)CCCCCCCCC/C=C\CCCCCCCCCC)COC(=O)CCCCCCCCCCCCCCCC. The van der Waals surface area contributed by atoms with E-state index in [1.807, 2.05) is 0 Å². The van der Waals surface area contributed by atoms with Crippen LogP contribution < -0.4 is 0 Å². The molecule has 0 aliphatic rings. The molecule has 0 aliphatic carbocycles. The third kappa shape index (κ3) is 54.6. The van der Waals surface area contributed by atoms with Crippen molar-refractivity contribution < 1.29 is 28.6 Å². The highest BCUT2D eigenvalue weighted by atomic mass is 16.6. The van der Waals surface area contributed by atoms with Crippen molar-refractivity contribution in [3.8, 4) is 0 Å². The molecule has 0 aromatic heterocycles. The van der Waals surface area contributed by atoms with Gasteiger partial charge in [-0.15, -0.1) is 0 Å². The first-order valence-corrected chi connectivity index (χ1v) is 30.0. The zero-order chi connectivity index (χ0) is 49.3. The van der Waals surface area contributed by atoms with Crippen LogP contribution in [0.4, 0.5) is 0 Å². The highest BCUT2D eigenvalue weighted by molar-refractivity contribution is 5.71. The lowest BCUT2D eigenvalue weighted by Crippen LogP contribution is -2.30. The van der Waals surface area contributed by atoms with Crippen molar-refractivity contribution >= 4 is 17.9 Å². The van der Waals surface area contributed by atoms with Crippen molar-refractivity contribution in [3.05, 3.63) is 36.5 Å². The van der Waals surface area contributed by atoms with Gasteiger partial charge in [0.1, 0.15) is 13.2 Å². The summed E-state index contributed by atoms with van der Waals surface area (Å²) in [5.41, 5.74) is 0. The van der Waals surface area contributed by atoms with E-state index in [0.717, 1.165) is 70.6 Å². The van der Waals surface area contributed by atoms with E-state index in [4.69, 9.17) is 14.2 Å². The van der Waals surface area contributed by atoms with Gasteiger partial charge in [0.05, 0.1) is 0 Å². The zero-order valence-corrected chi connectivity index (χ0v) is 45.6. The van der Waals surface area contributed by atoms with Crippen LogP contribution in [0, 0.1) is 0 Å². The van der Waals surface area contributed by atoms with Crippen molar-refractivity contribution in [2.75, 3.05) is 13.2 Å². The summed E-state index contributed by atoms with van der Waals surface area (Å²) in [6, 6.07) is 0. The molecule has 1 unspecified atom stereocenters. The van der Waals surface area contributed by atoms with E-state index in [0.29, 0.717) is 19.3 Å². The van der Waals surface area contributed by atoms with E-state index < -0.39 is 6.10 Å². The molecule has 0 saturated carbocycles. The lowest BCUT2D eigenvalue weighted by molar-refractivity contribution is -0.167. The topological polar surface area (TPSA) is 78.9 Å². The highest BCUT2D eigenvalue weighted by Gasteiger charge is 2.19. The van der Waals surface area contributed by atoms with Crippen LogP contribution in [0.3, 0.4) is 0 Å². The van der Waals surface area contributed by atoms with E-state index in [1.54, 1.807) is 0 Å². The maximum atomic E-state index is 12.9. The van der Waals surface area contributed by atoms with Gasteiger partial charge in [-0.2, -0.15) is 0 Å². The van der Waals surface area contributed by atoms with E-state index in [1.165, 1.54) is 212 Å². The number of hydrogen-bond donors (Lipinski definition) is 0. The van der Waals surface area contributed by atoms with Crippen LogP contribution in [0.5, 0.6) is 0 Å². The minimum atomic E-state index is -0.775. The van der Waals surface area contributed by atoms with Gasteiger partial charge in [0.2, 0.25) is 0 Å². The standard InChI is InChI=1S/C62H114O6/c1-4-7-10-13-16-19-22-25-28-30-31-33-34-37-40-43-46-49-52-55-61(64)67-58-59(57-66-60(63)54-51-48-45-42-39-36-27-24-21-18-15-12-9-6-3)68-62(65)56-53-50-47-44-41-38-35-32-29-26-23-20-17-14-11-8-5-2/h17,20,26,29-31,59H,4-16,18-19,21-25,27-28,32-58H2,1-3H3/b20-17-,29-26-,31-30-. The molecule has 6 nitrogen and oxygen atoms in total. The van der Waals surface area contributed by atoms with Crippen molar-refractivity contribution in [2.24, 2.45) is 0 Å². The van der Waals surface area contributed by atoms with Gasteiger partial charge in [0, 0.05) is 19.3 Å². The number of esters is 3. The highest BCUT2D eigenvalue weighted by Crippen LogP contribution is 2.16. The van der Waals surface area contributed by atoms with Gasteiger partial charge in [-0.1, -0.05) is 263 Å². The monoisotopic (exact) mass is 955 g/mol. The lowest BCUT2D eigenvalue weighted by Gasteiger charge is -2.18. The van der Waals surface area contributed by atoms with Crippen LogP contribution in [0.1, 0.15) is 323 Å². The second-order valence-corrected chi connectivity index (χ2v) is 20.3. The van der Waals surface area contributed by atoms with Crippen LogP contribution in [-0.4, -0.2) is 37.2 Å². The predicted molar refractivity (Wildman–Crippen MR) is 293 cm³/mol. The van der Waals surface area contributed by atoms with Gasteiger partial charge in [-0.05, 0) is 77.0 Å². The van der Waals surface area contributed by atoms with E-state index >= 15 is 0 Å². The Morgan fingerprint density at radius 2 is 0.529 bits per heavy atom. The average molecular weight is 956 g/mol. The summed E-state index contributed by atoms with van der Waals surface area (Å²) in [7, 11) is 0. The molecule has 0 fully saturated rings. The molecule has 0 heterocycles. The summed E-state index contributed by atoms with van der Waals surface area (Å²) in [6.45, 7) is 6.65. The molecule has 0 aromatic rings. The van der Waals surface area contributed by atoms with Gasteiger partial charge in [0.25, 0.3) is 0 Å². The average Bonchev–Trinajstić information content (AvgIpc) is 3.34. The Bertz CT molecular complexity index is 1140. The fourth-order valence-electron chi connectivity index (χ4n) is 8.82. The maximum absolute atomic E-state index is 12.9. The second kappa shape index (κ2) is 57.2. The largest absolute Gasteiger partial charge is 0.462 e. The molecule has 0 amide bonds. The summed E-state index contributed by atoms with van der Waals surface area (Å²) in [4.78, 5) is 38.2. The lowest BCUT2D eigenvalue weighted by atomic mass is 10.0. The van der Waals surface area contributed by atoms with Gasteiger partial charge in [0.15, 0.2) is 6.10 Å². The normalized spacial score (nSPS) is 12.2. The predicted octanol–water partition coefficient (Wildman–Crippen LogP) is 20.0. The molecular formula is C62H114O6. The summed E-state index contributed by atoms with van der Waals surface area (Å²) in [5.74, 6) is -0.866. The van der Waals surface area contributed by atoms with Crippen LogP contribution in [0.2, 0.25) is 0 Å². The fourth-order valence-corrected chi connectivity index (χ4v) is 8.82. The minimum absolute atomic E-state index is 0.0730. The van der Waals surface area contributed by atoms with E-state index in [9.17, 15) is 14.4 Å². The van der Waals surface area contributed by atoms with Crippen LogP contribution in [0.15, 0.2) is 36.5 Å². The van der Waals surface area contributed by atoms with Gasteiger partial charge >= 0.3 is 17.9 Å². The third-order valence-electron chi connectivity index (χ3n) is 13.4. The maximum Gasteiger partial charge on any atom is 0.306 e. The summed E-state index contributed by atoms with van der Waals surface area (Å²) < 4.78 is 16.9. The second-order valence-electron chi connectivity index (χ2n) is 20.3. The molecule has 0 aromatic carbocycles. The molecular weight excluding hydrogens is 841 g/mol. The first kappa shape index (κ1) is 65.6. The Kier molecular flexibility index (Phi) is 55.2. The molecule has 0 saturated heterocycles. The summed E-state index contributed by atoms with van der Waals surface area (Å²) in [6.07, 6.45) is 68.5. The Balaban J connectivity index is 4.34. The Morgan fingerprint density at radius 3 is 0.853 bits per heavy atom. The molecule has 0 aliphatic heterocycles. The number of unbranched alkanes of at least 4 members (excludes halogenated alkanes) is 38. The number of allylic oxidation sites excluding steroid dienone is 6. The number of hydrogen-bond acceptors (Lipinski definition) is 6. The molecule has 0 bridgehead atoms. The van der Waals surface area contributed by atoms with Gasteiger partial charge < -0.3 is 14.2 Å². The van der Waals surface area contributed by atoms with Crippen molar-refractivity contribution in [3.63, 3.8) is 0 Å². The molecule has 68 heavy (non-hydrogen) atoms. The summed E-state index contributed by atoms with van der Waals surface area (Å²) >= 11 is 0. The molecule has 6 heteroatoms. The fraction of sp³-hybridized carbons (Fsp3) is 0.855. The van der Waals surface area contributed by atoms with E-state index in [-0.39, 0.29) is 31.1 Å². The van der Waals surface area contributed by atoms with Crippen LogP contribution in [0.25, 0.3) is 0 Å². The molecule has 0 spiro atoms. The van der Waals surface area contributed by atoms with Crippen molar-refractivity contribution in [1.82, 2.24) is 0 Å². The molecule has 0 rings (SSSR count). The van der Waals surface area contributed by atoms with Crippen LogP contribution in [-0.2, 0) is 28.6 Å². The summed E-state index contributed by atoms with van der Waals surface area (Å²) in [5, 5.41) is 0. The van der Waals surface area contributed by atoms with Crippen molar-refractivity contribution in [2.45, 2.75) is 329 Å². The molecule has 0 radical (unpaired) electrons. The Labute approximate surface area is 423 Å². The third-order valence-corrected chi connectivity index (χ3v) is 13.4. The molecule has 0 N–H and O–H groups in total. The van der Waals surface area contributed by atoms with Gasteiger partial charge in [-0.25, -0.2) is 0 Å². The smallest absolute Gasteiger partial charge is 0.306 e. The van der Waals surface area contributed by atoms with Crippen LogP contribution >= 0.6 is 0 Å². The quantitative estimate of drug-likeness (QED) is 0.0262. The number of carbonyl (C=O) groups excluding carboxylic acids is 3. The van der Waals surface area contributed by atoms with Crippen molar-refractivity contribution in [1.29, 1.82) is 0 Å². The zero-order valence-electron chi connectivity index (χ0n) is 45.6. The number of ether oxygens (including phenoxy) is 3. The minimum Gasteiger partial charge on any atom is -0.462 e. The van der Waals surface area contributed by atoms with Gasteiger partial charge in [-0.3, -0.25) is 14.4 Å². The molecule has 398 valence electrons. The Morgan fingerprint density at radius 1 is 0.294 bits per heavy atom. The van der Waals surface area contributed by atoms with E-state index in [2.05, 4.69) is 57.2 Å². The first-order chi connectivity index (χ1) is 33.5. The number of carbonyl (C=O) groups is 3. The Hall–Kier alpha value is -2.37. The molecule has 1 atom stereocenters. The first-order valence-electron chi connectivity index (χ1n) is 30.0. The number of rotatable bonds is 55.